The highest BCUT2D eigenvalue weighted by Crippen LogP contribution is 2.29. The molecule has 0 aliphatic carbocycles. The Labute approximate surface area is 195 Å². The van der Waals surface area contributed by atoms with E-state index >= 15 is 0 Å². The highest BCUT2D eigenvalue weighted by atomic mass is 16.2. The van der Waals surface area contributed by atoms with Gasteiger partial charge in [-0.3, -0.25) is 9.59 Å². The van der Waals surface area contributed by atoms with Crippen LogP contribution in [0.3, 0.4) is 0 Å². The van der Waals surface area contributed by atoms with Gasteiger partial charge in [0.15, 0.2) is 5.65 Å². The third kappa shape index (κ3) is 4.92. The second kappa shape index (κ2) is 9.33. The number of carbonyl (C=O) groups is 2. The van der Waals surface area contributed by atoms with Crippen molar-refractivity contribution in [1.82, 2.24) is 24.8 Å². The largest absolute Gasteiger partial charge is 0.354 e. The molecule has 1 N–H and O–H groups in total. The van der Waals surface area contributed by atoms with Crippen molar-refractivity contribution < 1.29 is 9.59 Å². The number of hydrogen-bond donors (Lipinski definition) is 1. The zero-order chi connectivity index (χ0) is 23.7. The fraction of sp³-hybridized carbons (Fsp3) is 0.462. The molecule has 7 heteroatoms. The number of likely N-dealkylation sites (tertiary alicyclic amines) is 1. The SMILES string of the molecule is Cc1cccc(C(=O)N2CCC(c3cc4nc(C)c(CCC(=O)NC(C)C)c(C)n4n3)C2)c1. The number of nitrogens with zero attached hydrogens (tertiary/aromatic N) is 4. The first-order valence-electron chi connectivity index (χ1n) is 11.7. The number of rotatable bonds is 6. The molecule has 1 aliphatic rings. The fourth-order valence-electron chi connectivity index (χ4n) is 4.69. The zero-order valence-electron chi connectivity index (χ0n) is 20.2. The highest BCUT2D eigenvalue weighted by molar-refractivity contribution is 5.94. The molecule has 4 rings (SSSR count). The summed E-state index contributed by atoms with van der Waals surface area (Å²) < 4.78 is 1.89. The maximum Gasteiger partial charge on any atom is 0.253 e. The van der Waals surface area contributed by atoms with Gasteiger partial charge in [0.2, 0.25) is 5.91 Å². The van der Waals surface area contributed by atoms with E-state index in [1.807, 2.05) is 74.4 Å². The minimum Gasteiger partial charge on any atom is -0.354 e. The third-order valence-corrected chi connectivity index (χ3v) is 6.39. The summed E-state index contributed by atoms with van der Waals surface area (Å²) in [6.07, 6.45) is 1.96. The lowest BCUT2D eigenvalue weighted by atomic mass is 10.1. The van der Waals surface area contributed by atoms with Crippen LogP contribution in [0.25, 0.3) is 5.65 Å². The van der Waals surface area contributed by atoms with Crippen LogP contribution in [0, 0.1) is 20.8 Å². The van der Waals surface area contributed by atoms with Gasteiger partial charge in [0, 0.05) is 54.5 Å². The molecule has 3 aromatic rings. The smallest absolute Gasteiger partial charge is 0.253 e. The Morgan fingerprint density at radius 1 is 1.18 bits per heavy atom. The number of aryl methyl sites for hydroxylation is 3. The lowest BCUT2D eigenvalue weighted by Crippen LogP contribution is -2.30. The summed E-state index contributed by atoms with van der Waals surface area (Å²) in [6.45, 7) is 11.4. The van der Waals surface area contributed by atoms with Crippen LogP contribution in [0.5, 0.6) is 0 Å². The van der Waals surface area contributed by atoms with Crippen molar-refractivity contribution in [1.29, 1.82) is 0 Å². The van der Waals surface area contributed by atoms with E-state index in [0.717, 1.165) is 52.4 Å². The molecule has 1 unspecified atom stereocenters. The number of carbonyl (C=O) groups excluding carboxylic acids is 2. The Balaban J connectivity index is 1.51. The molecular formula is C26H33N5O2. The maximum atomic E-state index is 12.9. The number of aromatic nitrogens is 3. The average molecular weight is 448 g/mol. The van der Waals surface area contributed by atoms with Gasteiger partial charge in [-0.25, -0.2) is 9.50 Å². The zero-order valence-corrected chi connectivity index (χ0v) is 20.2. The van der Waals surface area contributed by atoms with E-state index in [2.05, 4.69) is 5.32 Å². The molecular weight excluding hydrogens is 414 g/mol. The minimum absolute atomic E-state index is 0.0503. The number of benzene rings is 1. The van der Waals surface area contributed by atoms with Gasteiger partial charge >= 0.3 is 0 Å². The van der Waals surface area contributed by atoms with Gasteiger partial charge in [-0.2, -0.15) is 5.10 Å². The third-order valence-electron chi connectivity index (χ3n) is 6.39. The van der Waals surface area contributed by atoms with E-state index in [0.29, 0.717) is 19.4 Å². The summed E-state index contributed by atoms with van der Waals surface area (Å²) in [5.41, 5.74) is 6.64. The first kappa shape index (κ1) is 23.0. The lowest BCUT2D eigenvalue weighted by Gasteiger charge is -2.16. The molecule has 0 bridgehead atoms. The molecule has 3 heterocycles. The van der Waals surface area contributed by atoms with Crippen molar-refractivity contribution >= 4 is 17.5 Å². The number of nitrogens with one attached hydrogen (secondary N) is 1. The van der Waals surface area contributed by atoms with Crippen molar-refractivity contribution in [3.05, 3.63) is 64.1 Å². The van der Waals surface area contributed by atoms with Crippen molar-refractivity contribution in [3.8, 4) is 0 Å². The molecule has 1 aromatic carbocycles. The van der Waals surface area contributed by atoms with Crippen molar-refractivity contribution in [2.45, 2.75) is 65.8 Å². The lowest BCUT2D eigenvalue weighted by molar-refractivity contribution is -0.121. The normalized spacial score (nSPS) is 16.1. The summed E-state index contributed by atoms with van der Waals surface area (Å²) in [4.78, 5) is 31.7. The summed E-state index contributed by atoms with van der Waals surface area (Å²) >= 11 is 0. The van der Waals surface area contributed by atoms with E-state index in [-0.39, 0.29) is 23.8 Å². The van der Waals surface area contributed by atoms with E-state index in [4.69, 9.17) is 10.1 Å². The molecule has 1 saturated heterocycles. The van der Waals surface area contributed by atoms with Gasteiger partial charge in [0.25, 0.3) is 5.91 Å². The monoisotopic (exact) mass is 447 g/mol. The number of amides is 2. The summed E-state index contributed by atoms with van der Waals surface area (Å²) in [6, 6.07) is 9.94. The van der Waals surface area contributed by atoms with Gasteiger partial charge in [-0.1, -0.05) is 17.7 Å². The van der Waals surface area contributed by atoms with Gasteiger partial charge in [0.1, 0.15) is 0 Å². The average Bonchev–Trinajstić information content (AvgIpc) is 3.40. The Hall–Kier alpha value is -3.22. The van der Waals surface area contributed by atoms with Crippen molar-refractivity contribution in [3.63, 3.8) is 0 Å². The Kier molecular flexibility index (Phi) is 6.49. The van der Waals surface area contributed by atoms with Crippen molar-refractivity contribution in [2.75, 3.05) is 13.1 Å². The molecule has 174 valence electrons. The topological polar surface area (TPSA) is 79.6 Å². The molecule has 1 aliphatic heterocycles. The summed E-state index contributed by atoms with van der Waals surface area (Å²) in [5.74, 6) is 0.326. The van der Waals surface area contributed by atoms with E-state index < -0.39 is 0 Å². The standard InChI is InChI=1S/C26H33N5O2/c1-16(2)27-25(32)10-9-22-18(4)28-24-14-23(29-31(24)19(22)5)21-11-12-30(15-21)26(33)20-8-6-7-17(3)13-20/h6-8,13-14,16,21H,9-12,15H2,1-5H3,(H,27,32). The van der Waals surface area contributed by atoms with Crippen molar-refractivity contribution in [2.24, 2.45) is 0 Å². The first-order valence-corrected chi connectivity index (χ1v) is 11.7. The van der Waals surface area contributed by atoms with E-state index in [9.17, 15) is 9.59 Å². The molecule has 1 atom stereocenters. The van der Waals surface area contributed by atoms with Crippen LogP contribution in [0.4, 0.5) is 0 Å². The second-order valence-corrected chi connectivity index (χ2v) is 9.43. The molecule has 1 fully saturated rings. The summed E-state index contributed by atoms with van der Waals surface area (Å²) in [7, 11) is 0. The van der Waals surface area contributed by atoms with Gasteiger partial charge in [-0.15, -0.1) is 0 Å². The van der Waals surface area contributed by atoms with E-state index in [1.165, 1.54) is 0 Å². The van der Waals surface area contributed by atoms with E-state index in [1.54, 1.807) is 0 Å². The fourth-order valence-corrected chi connectivity index (χ4v) is 4.69. The van der Waals surface area contributed by atoms with Crippen LogP contribution in [0.15, 0.2) is 30.3 Å². The van der Waals surface area contributed by atoms with Crippen LogP contribution in [-0.2, 0) is 11.2 Å². The molecule has 0 saturated carbocycles. The van der Waals surface area contributed by atoms with Gasteiger partial charge in [0.05, 0.1) is 5.69 Å². The molecule has 0 spiro atoms. The summed E-state index contributed by atoms with van der Waals surface area (Å²) in [5, 5.41) is 7.81. The molecule has 2 aromatic heterocycles. The predicted octanol–water partition coefficient (Wildman–Crippen LogP) is 3.74. The van der Waals surface area contributed by atoms with Crippen LogP contribution in [0.1, 0.15) is 71.2 Å². The first-order chi connectivity index (χ1) is 15.7. The van der Waals surface area contributed by atoms with Crippen LogP contribution in [0.2, 0.25) is 0 Å². The Morgan fingerprint density at radius 2 is 1.97 bits per heavy atom. The van der Waals surface area contributed by atoms with Gasteiger partial charge in [-0.05, 0) is 65.2 Å². The highest BCUT2D eigenvalue weighted by Gasteiger charge is 2.30. The number of fused-ring (bicyclic) bond motifs is 1. The molecule has 2 amide bonds. The molecule has 33 heavy (non-hydrogen) atoms. The van der Waals surface area contributed by atoms with Gasteiger partial charge < -0.3 is 10.2 Å². The minimum atomic E-state index is 0.0503. The predicted molar refractivity (Wildman–Crippen MR) is 129 cm³/mol. The van der Waals surface area contributed by atoms with Crippen LogP contribution < -0.4 is 5.32 Å². The number of hydrogen-bond acceptors (Lipinski definition) is 4. The van der Waals surface area contributed by atoms with Crippen LogP contribution in [-0.4, -0.2) is 50.4 Å². The maximum absolute atomic E-state index is 12.9. The molecule has 7 nitrogen and oxygen atoms in total. The second-order valence-electron chi connectivity index (χ2n) is 9.43. The quantitative estimate of drug-likeness (QED) is 0.624. The Bertz CT molecular complexity index is 1200. The van der Waals surface area contributed by atoms with Crippen LogP contribution >= 0.6 is 0 Å². The Morgan fingerprint density at radius 3 is 2.70 bits per heavy atom. The molecule has 0 radical (unpaired) electrons.